The third kappa shape index (κ3) is 4.76. The van der Waals surface area contributed by atoms with E-state index in [9.17, 15) is 29.4 Å². The van der Waals surface area contributed by atoms with Crippen LogP contribution >= 0.6 is 0 Å². The van der Waals surface area contributed by atoms with Gasteiger partial charge in [-0.1, -0.05) is 31.2 Å². The number of carbonyl (C=O) groups excluding carboxylic acids is 3. The van der Waals surface area contributed by atoms with Crippen LogP contribution in [0.25, 0.3) is 11.1 Å². The van der Waals surface area contributed by atoms with Gasteiger partial charge in [0.05, 0.1) is 44.2 Å². The number of rotatable bonds is 11. The van der Waals surface area contributed by atoms with Crippen molar-refractivity contribution < 1.29 is 38.6 Å². The van der Waals surface area contributed by atoms with Gasteiger partial charge in [0.2, 0.25) is 11.8 Å². The molecule has 2 aromatic rings. The van der Waals surface area contributed by atoms with E-state index in [1.807, 2.05) is 19.1 Å². The fraction of sp³-hybridized carbons (Fsp3) is 0.500. The Balaban J connectivity index is 1.05. The van der Waals surface area contributed by atoms with Crippen molar-refractivity contribution in [1.82, 2.24) is 4.90 Å². The van der Waals surface area contributed by atoms with Crippen molar-refractivity contribution in [3.8, 4) is 16.9 Å². The number of ketones is 1. The number of β-lactam (4-membered cyclic amide) rings is 1. The molecule has 10 heteroatoms. The Morgan fingerprint density at radius 3 is 2.46 bits per heavy atom. The minimum absolute atomic E-state index is 0.0443. The smallest absolute Gasteiger partial charge is 0.352 e. The molecule has 4 saturated heterocycles. The van der Waals surface area contributed by atoms with Gasteiger partial charge in [-0.05, 0) is 42.0 Å². The van der Waals surface area contributed by atoms with Crippen LogP contribution in [-0.2, 0) is 20.8 Å². The number of benzene rings is 2. The van der Waals surface area contributed by atoms with Crippen LogP contribution in [0.1, 0.15) is 67.4 Å². The number of nitrogens with two attached hydrogens (primary N) is 1. The summed E-state index contributed by atoms with van der Waals surface area (Å²) in [6.45, 7) is 7.77. The third-order valence-corrected chi connectivity index (χ3v) is 11.8. The molecule has 2 amide bonds. The molecule has 0 spiro atoms. The number of primary amides is 1. The number of carbonyl (C=O) groups is 4. The summed E-state index contributed by atoms with van der Waals surface area (Å²) in [5, 5.41) is 20.1. The van der Waals surface area contributed by atoms with Crippen molar-refractivity contribution in [1.29, 1.82) is 0 Å². The molecule has 3 unspecified atom stereocenters. The van der Waals surface area contributed by atoms with E-state index >= 15 is 0 Å². The minimum atomic E-state index is -1.20. The van der Waals surface area contributed by atoms with E-state index in [1.54, 1.807) is 25.1 Å². The van der Waals surface area contributed by atoms with Gasteiger partial charge in [0.1, 0.15) is 18.1 Å². The molecule has 8 rings (SSSR count). The number of carboxylic acid groups (broad SMARTS) is 1. The van der Waals surface area contributed by atoms with Gasteiger partial charge in [-0.3, -0.25) is 14.4 Å². The highest BCUT2D eigenvalue weighted by molar-refractivity contribution is 6.22. The molecule has 2 bridgehead atoms. The van der Waals surface area contributed by atoms with E-state index in [0.717, 1.165) is 73.9 Å². The summed E-state index contributed by atoms with van der Waals surface area (Å²) >= 11 is 0. The average molecular weight is 629 g/mol. The highest BCUT2D eigenvalue weighted by Crippen LogP contribution is 2.49. The molecule has 46 heavy (non-hydrogen) atoms. The van der Waals surface area contributed by atoms with Crippen molar-refractivity contribution in [2.45, 2.75) is 64.5 Å². The summed E-state index contributed by atoms with van der Waals surface area (Å²) in [7, 11) is 0. The monoisotopic (exact) mass is 628 g/mol. The van der Waals surface area contributed by atoms with Gasteiger partial charge >= 0.3 is 5.97 Å². The number of aliphatic carboxylic acids is 1. The molecule has 5 heterocycles. The largest absolute Gasteiger partial charge is 0.488 e. The zero-order valence-corrected chi connectivity index (χ0v) is 26.5. The van der Waals surface area contributed by atoms with Crippen molar-refractivity contribution in [2.75, 3.05) is 32.8 Å². The Labute approximate surface area is 268 Å². The summed E-state index contributed by atoms with van der Waals surface area (Å²) in [5.41, 5.74) is 9.92. The number of nitrogens with zero attached hydrogens (tertiary/aromatic N) is 2. The first-order valence-electron chi connectivity index (χ1n) is 16.5. The van der Waals surface area contributed by atoms with E-state index in [2.05, 4.69) is 6.07 Å². The Bertz CT molecular complexity index is 1670. The molecule has 4 fully saturated rings. The number of quaternary nitrogens is 1. The number of hydrogen-bond acceptors (Lipinski definition) is 6. The number of piperidine rings is 3. The van der Waals surface area contributed by atoms with Crippen LogP contribution in [0.4, 0.5) is 0 Å². The molecule has 0 saturated carbocycles. The van der Waals surface area contributed by atoms with Crippen LogP contribution in [0.15, 0.2) is 47.7 Å². The van der Waals surface area contributed by atoms with Gasteiger partial charge in [0.15, 0.2) is 5.78 Å². The predicted molar refractivity (Wildman–Crippen MR) is 169 cm³/mol. The first-order chi connectivity index (χ1) is 21.9. The van der Waals surface area contributed by atoms with Crippen LogP contribution in [0.3, 0.4) is 0 Å². The first-order valence-corrected chi connectivity index (χ1v) is 16.5. The second-order valence-corrected chi connectivity index (χ2v) is 14.3. The van der Waals surface area contributed by atoms with E-state index in [0.29, 0.717) is 34.4 Å². The third-order valence-electron chi connectivity index (χ3n) is 11.8. The quantitative estimate of drug-likeness (QED) is 0.218. The van der Waals surface area contributed by atoms with Crippen LogP contribution in [0.5, 0.6) is 5.75 Å². The number of aryl methyl sites for hydroxylation is 1. The second-order valence-electron chi connectivity index (χ2n) is 14.3. The standard InChI is InChI=1S/C36H41N3O7/c1-20-26(32(35(44)45)38-31(20)29(21(2)40)34(38)43)19-46-27-7-3-6-24-30(27)23-9-8-22(17-25(23)33(24)42)5-4-13-39-14-10-36(11-15-39,12-16-39)18-28(37)41/h3,6-9,17,20-21,29,31,40H,4-5,10-16,18-19H2,1-2H3,(H2-,37,41,44,45)/p+1/t20-,21?,29?,31?,36?,39?/m0/s1. The van der Waals surface area contributed by atoms with Gasteiger partial charge in [-0.15, -0.1) is 0 Å². The van der Waals surface area contributed by atoms with Crippen LogP contribution in [-0.4, -0.2) is 88.1 Å². The lowest BCUT2D eigenvalue weighted by atomic mass is 9.68. The number of fused-ring (bicyclic) bond motifs is 7. The summed E-state index contributed by atoms with van der Waals surface area (Å²) < 4.78 is 7.37. The topological polar surface area (TPSA) is 147 Å². The van der Waals surface area contributed by atoms with Gasteiger partial charge in [0, 0.05) is 60.3 Å². The maximum atomic E-state index is 13.6. The maximum absolute atomic E-state index is 13.6. The number of aliphatic hydroxyl groups is 1. The van der Waals surface area contributed by atoms with Crippen molar-refractivity contribution >= 4 is 23.6 Å². The minimum Gasteiger partial charge on any atom is -0.488 e. The summed E-state index contributed by atoms with van der Waals surface area (Å²) in [6, 6.07) is 11.0. The lowest BCUT2D eigenvalue weighted by Crippen LogP contribution is -2.63. The molecule has 5 aliphatic heterocycles. The van der Waals surface area contributed by atoms with Gasteiger partial charge < -0.3 is 30.1 Å². The predicted octanol–water partition coefficient (Wildman–Crippen LogP) is 3.28. The molecule has 0 aromatic heterocycles. The van der Waals surface area contributed by atoms with Gasteiger partial charge in [-0.2, -0.15) is 0 Å². The highest BCUT2D eigenvalue weighted by atomic mass is 16.5. The highest BCUT2D eigenvalue weighted by Gasteiger charge is 2.60. The van der Waals surface area contributed by atoms with E-state index in [1.165, 1.54) is 4.90 Å². The number of ether oxygens (including phenoxy) is 1. The van der Waals surface area contributed by atoms with E-state index in [-0.39, 0.29) is 41.2 Å². The van der Waals surface area contributed by atoms with Crippen molar-refractivity contribution in [3.05, 3.63) is 64.4 Å². The zero-order valence-electron chi connectivity index (χ0n) is 26.5. The fourth-order valence-electron chi connectivity index (χ4n) is 9.13. The Kier molecular flexibility index (Phi) is 7.36. The van der Waals surface area contributed by atoms with E-state index in [4.69, 9.17) is 10.5 Å². The Morgan fingerprint density at radius 2 is 1.80 bits per heavy atom. The molecule has 6 aliphatic rings. The molecule has 242 valence electrons. The lowest BCUT2D eigenvalue weighted by Gasteiger charge is -2.54. The molecule has 2 aromatic carbocycles. The van der Waals surface area contributed by atoms with Crippen LogP contribution in [0.2, 0.25) is 0 Å². The van der Waals surface area contributed by atoms with E-state index < -0.39 is 24.0 Å². The van der Waals surface area contributed by atoms with Crippen LogP contribution in [0, 0.1) is 17.3 Å². The fourth-order valence-corrected chi connectivity index (χ4v) is 9.13. The summed E-state index contributed by atoms with van der Waals surface area (Å²) in [4.78, 5) is 51.4. The van der Waals surface area contributed by atoms with Crippen LogP contribution < -0.4 is 10.5 Å². The molecule has 4 atom stereocenters. The number of hydrogen-bond donors (Lipinski definition) is 3. The molecule has 10 nitrogen and oxygen atoms in total. The van der Waals surface area contributed by atoms with Crippen molar-refractivity contribution in [3.63, 3.8) is 0 Å². The average Bonchev–Trinajstić information content (AvgIpc) is 3.44. The molecule has 1 aliphatic carbocycles. The summed E-state index contributed by atoms with van der Waals surface area (Å²) in [6.07, 6.45) is 4.74. The molecular formula is C36H42N3O7+. The Hall–Kier alpha value is -4.02. The van der Waals surface area contributed by atoms with Crippen molar-refractivity contribution in [2.24, 2.45) is 23.0 Å². The number of aliphatic hydroxyl groups excluding tert-OH is 1. The molecule has 0 radical (unpaired) electrons. The van der Waals surface area contributed by atoms with Gasteiger partial charge in [-0.25, -0.2) is 4.79 Å². The first kappa shape index (κ1) is 30.6. The SMILES string of the molecule is CC(O)C1C(=O)N2C(C(=O)O)=C(COc3cccc4c3-c3ccc(CCC[N+]56CCC(CC(N)=O)(CC5)CC6)cc3C4=O)[C@H](C)C12. The lowest BCUT2D eigenvalue weighted by molar-refractivity contribution is -0.945. The van der Waals surface area contributed by atoms with Gasteiger partial charge in [0.25, 0.3) is 0 Å². The molecule has 4 N–H and O–H groups in total. The number of carboxylic acids is 1. The summed E-state index contributed by atoms with van der Waals surface area (Å²) in [5.74, 6) is -2.25. The second kappa shape index (κ2) is 11.1. The Morgan fingerprint density at radius 1 is 1.09 bits per heavy atom. The normalized spacial score (nSPS) is 29.7. The zero-order chi connectivity index (χ0) is 32.5. The molecular weight excluding hydrogens is 586 g/mol. The number of amides is 2. The maximum Gasteiger partial charge on any atom is 0.352 e.